The van der Waals surface area contributed by atoms with Crippen LogP contribution in [-0.4, -0.2) is 26.0 Å². The number of benzene rings is 1. The molecule has 0 aliphatic rings. The van der Waals surface area contributed by atoms with E-state index >= 15 is 0 Å². The van der Waals surface area contributed by atoms with Gasteiger partial charge >= 0.3 is 0 Å². The molecule has 1 unspecified atom stereocenters. The molecule has 0 aliphatic heterocycles. The van der Waals surface area contributed by atoms with Crippen LogP contribution in [0.15, 0.2) is 43.0 Å². The van der Waals surface area contributed by atoms with E-state index < -0.39 is 6.10 Å². The van der Waals surface area contributed by atoms with Crippen molar-refractivity contribution in [1.29, 1.82) is 0 Å². The first-order chi connectivity index (χ1) is 8.24. The molecule has 0 saturated heterocycles. The average molecular weight is 233 g/mol. The molecule has 0 bridgehead atoms. The van der Waals surface area contributed by atoms with E-state index in [9.17, 15) is 9.50 Å². The third-order valence-electron chi connectivity index (χ3n) is 2.22. The minimum absolute atomic E-state index is 0.273. The van der Waals surface area contributed by atoms with Crippen LogP contribution in [0.2, 0.25) is 0 Å². The molecule has 1 atom stereocenters. The second-order valence-corrected chi connectivity index (χ2v) is 3.60. The topological polar surface area (TPSA) is 50.9 Å². The van der Waals surface area contributed by atoms with Crippen LogP contribution in [0, 0.1) is 5.82 Å². The van der Waals surface area contributed by atoms with Crippen molar-refractivity contribution in [2.24, 2.45) is 0 Å². The normalized spacial score (nSPS) is 13.1. The Kier molecular flexibility index (Phi) is 3.62. The average Bonchev–Trinajstić information content (AvgIpc) is 2.81. The lowest BCUT2D eigenvalue weighted by Crippen LogP contribution is -2.13. The van der Waals surface area contributed by atoms with Crippen molar-refractivity contribution in [2.45, 2.75) is 12.6 Å². The van der Waals surface area contributed by atoms with E-state index in [1.54, 1.807) is 29.0 Å². The molecule has 2 rings (SSSR count). The highest BCUT2D eigenvalue weighted by Gasteiger charge is 2.00. The van der Waals surface area contributed by atoms with Crippen LogP contribution in [0.5, 0.6) is 0 Å². The smallest absolute Gasteiger partial charge is 0.137 e. The van der Waals surface area contributed by atoms with Crippen molar-refractivity contribution in [1.82, 2.24) is 14.8 Å². The number of rotatable bonds is 4. The van der Waals surface area contributed by atoms with Gasteiger partial charge < -0.3 is 5.11 Å². The number of nitrogens with zero attached hydrogens (tertiary/aromatic N) is 3. The van der Waals surface area contributed by atoms with Gasteiger partial charge in [-0.15, -0.1) is 0 Å². The molecule has 1 aromatic carbocycles. The van der Waals surface area contributed by atoms with Gasteiger partial charge in [0.05, 0.1) is 12.6 Å². The fourth-order valence-electron chi connectivity index (χ4n) is 1.38. The molecule has 0 spiro atoms. The summed E-state index contributed by atoms with van der Waals surface area (Å²) in [5.41, 5.74) is 0.837. The molecule has 0 aliphatic carbocycles. The predicted octanol–water partition coefficient (Wildman–Crippen LogP) is 1.49. The van der Waals surface area contributed by atoms with Gasteiger partial charge in [-0.25, -0.2) is 9.37 Å². The van der Waals surface area contributed by atoms with Crippen molar-refractivity contribution >= 4 is 6.08 Å². The number of aliphatic hydroxyl groups is 1. The molecule has 1 aromatic heterocycles. The van der Waals surface area contributed by atoms with Crippen LogP contribution < -0.4 is 0 Å². The summed E-state index contributed by atoms with van der Waals surface area (Å²) in [6.07, 6.45) is 5.67. The summed E-state index contributed by atoms with van der Waals surface area (Å²) >= 11 is 0. The molecule has 1 heterocycles. The van der Waals surface area contributed by atoms with Gasteiger partial charge in [0, 0.05) is 0 Å². The summed E-state index contributed by atoms with van der Waals surface area (Å²) in [4.78, 5) is 3.78. The Morgan fingerprint density at radius 3 is 2.76 bits per heavy atom. The number of halogens is 1. The zero-order valence-electron chi connectivity index (χ0n) is 9.07. The quantitative estimate of drug-likeness (QED) is 0.870. The lowest BCUT2D eigenvalue weighted by molar-refractivity contribution is 0.196. The lowest BCUT2D eigenvalue weighted by atomic mass is 10.2. The molecule has 17 heavy (non-hydrogen) atoms. The van der Waals surface area contributed by atoms with Gasteiger partial charge in [-0.2, -0.15) is 5.10 Å². The third kappa shape index (κ3) is 3.49. The fourth-order valence-corrected chi connectivity index (χ4v) is 1.38. The number of aromatic nitrogens is 3. The first kappa shape index (κ1) is 11.5. The molecule has 0 saturated carbocycles. The molecule has 1 N–H and O–H groups in total. The van der Waals surface area contributed by atoms with Crippen molar-refractivity contribution in [3.05, 3.63) is 54.4 Å². The monoisotopic (exact) mass is 233 g/mol. The van der Waals surface area contributed by atoms with E-state index in [4.69, 9.17) is 0 Å². The van der Waals surface area contributed by atoms with Crippen LogP contribution in [-0.2, 0) is 6.54 Å². The summed E-state index contributed by atoms with van der Waals surface area (Å²) in [7, 11) is 0. The molecular weight excluding hydrogens is 221 g/mol. The van der Waals surface area contributed by atoms with Crippen molar-refractivity contribution < 1.29 is 9.50 Å². The Morgan fingerprint density at radius 1 is 1.35 bits per heavy atom. The van der Waals surface area contributed by atoms with Crippen LogP contribution in [0.1, 0.15) is 5.56 Å². The molecule has 2 aromatic rings. The summed E-state index contributed by atoms with van der Waals surface area (Å²) in [6.45, 7) is 0.345. The van der Waals surface area contributed by atoms with Gasteiger partial charge in [0.25, 0.3) is 0 Å². The van der Waals surface area contributed by atoms with E-state index in [-0.39, 0.29) is 5.82 Å². The molecule has 0 radical (unpaired) electrons. The van der Waals surface area contributed by atoms with Crippen LogP contribution in [0.3, 0.4) is 0 Å². The fraction of sp³-hybridized carbons (Fsp3) is 0.167. The molecule has 4 nitrogen and oxygen atoms in total. The molecular formula is C12H12FN3O. The lowest BCUT2D eigenvalue weighted by Gasteiger charge is -2.04. The summed E-state index contributed by atoms with van der Waals surface area (Å²) in [5.74, 6) is -0.273. The SMILES string of the molecule is OC(C=Cc1ccc(F)cc1)Cn1cncn1. The summed E-state index contributed by atoms with van der Waals surface area (Å²) in [6, 6.07) is 6.05. The van der Waals surface area contributed by atoms with Gasteiger partial charge in [0.1, 0.15) is 18.5 Å². The number of hydrogen-bond donors (Lipinski definition) is 1. The zero-order chi connectivity index (χ0) is 12.1. The van der Waals surface area contributed by atoms with Gasteiger partial charge in [0.15, 0.2) is 0 Å². The first-order valence-corrected chi connectivity index (χ1v) is 5.18. The highest BCUT2D eigenvalue weighted by atomic mass is 19.1. The zero-order valence-corrected chi connectivity index (χ0v) is 9.07. The molecule has 0 fully saturated rings. The Hall–Kier alpha value is -2.01. The van der Waals surface area contributed by atoms with E-state index in [2.05, 4.69) is 10.1 Å². The molecule has 88 valence electrons. The highest BCUT2D eigenvalue weighted by molar-refractivity contribution is 5.49. The Balaban J connectivity index is 1.93. The van der Waals surface area contributed by atoms with Crippen LogP contribution in [0.4, 0.5) is 4.39 Å². The van der Waals surface area contributed by atoms with Gasteiger partial charge in [-0.05, 0) is 17.7 Å². The second-order valence-electron chi connectivity index (χ2n) is 3.60. The van der Waals surface area contributed by atoms with E-state index in [0.29, 0.717) is 6.54 Å². The van der Waals surface area contributed by atoms with Crippen LogP contribution >= 0.6 is 0 Å². The minimum Gasteiger partial charge on any atom is -0.387 e. The van der Waals surface area contributed by atoms with Gasteiger partial charge in [0.2, 0.25) is 0 Å². The van der Waals surface area contributed by atoms with Gasteiger partial charge in [-0.1, -0.05) is 24.3 Å². The molecule has 0 amide bonds. The van der Waals surface area contributed by atoms with E-state index in [0.717, 1.165) is 5.56 Å². The Labute approximate surface area is 98.0 Å². The Bertz CT molecular complexity index is 479. The van der Waals surface area contributed by atoms with Crippen molar-refractivity contribution in [3.8, 4) is 0 Å². The van der Waals surface area contributed by atoms with Crippen molar-refractivity contribution in [3.63, 3.8) is 0 Å². The predicted molar refractivity (Wildman–Crippen MR) is 61.5 cm³/mol. The maximum Gasteiger partial charge on any atom is 0.137 e. The largest absolute Gasteiger partial charge is 0.387 e. The van der Waals surface area contributed by atoms with Gasteiger partial charge in [-0.3, -0.25) is 4.68 Å². The highest BCUT2D eigenvalue weighted by Crippen LogP contribution is 2.05. The maximum absolute atomic E-state index is 12.6. The van der Waals surface area contributed by atoms with Crippen LogP contribution in [0.25, 0.3) is 6.08 Å². The first-order valence-electron chi connectivity index (χ1n) is 5.18. The van der Waals surface area contributed by atoms with E-state index in [1.165, 1.54) is 24.8 Å². The molecule has 5 heteroatoms. The number of aliphatic hydroxyl groups excluding tert-OH is 1. The third-order valence-corrected chi connectivity index (χ3v) is 2.22. The summed E-state index contributed by atoms with van der Waals surface area (Å²) in [5, 5.41) is 13.6. The maximum atomic E-state index is 12.6. The van der Waals surface area contributed by atoms with Crippen molar-refractivity contribution in [2.75, 3.05) is 0 Å². The number of hydrogen-bond acceptors (Lipinski definition) is 3. The second kappa shape index (κ2) is 5.36. The minimum atomic E-state index is -0.651. The standard InChI is InChI=1S/C12H12FN3O/c13-11-4-1-10(2-5-11)3-6-12(17)7-16-9-14-8-15-16/h1-6,8-9,12,17H,7H2. The Morgan fingerprint density at radius 2 is 2.12 bits per heavy atom. The summed E-state index contributed by atoms with van der Waals surface area (Å²) < 4.78 is 14.2. The van der Waals surface area contributed by atoms with E-state index in [1.807, 2.05) is 0 Å².